The van der Waals surface area contributed by atoms with Crippen LogP contribution in [0.5, 0.6) is 0 Å². The number of nitrogens with zero attached hydrogens (tertiary/aromatic N) is 2. The summed E-state index contributed by atoms with van der Waals surface area (Å²) in [7, 11) is 0. The molecule has 1 aliphatic carbocycles. The van der Waals surface area contributed by atoms with E-state index in [-0.39, 0.29) is 23.9 Å². The first-order valence-corrected chi connectivity index (χ1v) is 8.11. The molecule has 1 fully saturated rings. The molecule has 0 saturated heterocycles. The van der Waals surface area contributed by atoms with Crippen LogP contribution in [0.3, 0.4) is 0 Å². The van der Waals surface area contributed by atoms with Gasteiger partial charge < -0.3 is 15.6 Å². The molecule has 1 aromatic carbocycles. The third-order valence-electron chi connectivity index (χ3n) is 4.59. The largest absolute Gasteiger partial charge is 0.346 e. The van der Waals surface area contributed by atoms with E-state index in [1.54, 1.807) is 0 Å². The van der Waals surface area contributed by atoms with E-state index in [1.165, 1.54) is 0 Å². The Kier molecular flexibility index (Phi) is 4.16. The van der Waals surface area contributed by atoms with Crippen LogP contribution in [0.1, 0.15) is 45.0 Å². The summed E-state index contributed by atoms with van der Waals surface area (Å²) >= 11 is 0. The molecule has 22 heavy (non-hydrogen) atoms. The fraction of sp³-hybridized carbons (Fsp3) is 0.529. The van der Waals surface area contributed by atoms with Crippen LogP contribution >= 0.6 is 0 Å². The van der Waals surface area contributed by atoms with Gasteiger partial charge in [0.1, 0.15) is 5.82 Å². The Morgan fingerprint density at radius 1 is 1.45 bits per heavy atom. The fourth-order valence-electron chi connectivity index (χ4n) is 3.41. The van der Waals surface area contributed by atoms with Crippen molar-refractivity contribution in [2.75, 3.05) is 0 Å². The molecular formula is C17H24N4O. The van der Waals surface area contributed by atoms with E-state index in [0.29, 0.717) is 0 Å². The van der Waals surface area contributed by atoms with E-state index in [1.807, 2.05) is 25.1 Å². The Morgan fingerprint density at radius 3 is 2.91 bits per heavy atom. The SMILES string of the molecule is CCn1c(C(C)NC(=O)C2CCC(N)C2)nc2ccccc21. The third kappa shape index (κ3) is 2.73. The molecule has 3 atom stereocenters. The summed E-state index contributed by atoms with van der Waals surface area (Å²) in [6, 6.07) is 8.16. The van der Waals surface area contributed by atoms with Crippen molar-refractivity contribution in [1.82, 2.24) is 14.9 Å². The Hall–Kier alpha value is -1.88. The Labute approximate surface area is 130 Å². The lowest BCUT2D eigenvalue weighted by molar-refractivity contribution is -0.125. The molecule has 1 aliphatic rings. The lowest BCUT2D eigenvalue weighted by atomic mass is 10.1. The molecule has 3 unspecified atom stereocenters. The first kappa shape index (κ1) is 15.0. The lowest BCUT2D eigenvalue weighted by Crippen LogP contribution is -2.33. The number of nitrogens with two attached hydrogens (primary N) is 1. The molecule has 0 aliphatic heterocycles. The molecule has 2 aromatic rings. The second kappa shape index (κ2) is 6.08. The molecule has 5 nitrogen and oxygen atoms in total. The van der Waals surface area contributed by atoms with Crippen molar-refractivity contribution in [1.29, 1.82) is 0 Å². The fourth-order valence-corrected chi connectivity index (χ4v) is 3.41. The van der Waals surface area contributed by atoms with Crippen LogP contribution in [0.2, 0.25) is 0 Å². The van der Waals surface area contributed by atoms with Crippen LogP contribution in [-0.4, -0.2) is 21.5 Å². The number of benzene rings is 1. The maximum Gasteiger partial charge on any atom is 0.223 e. The number of aryl methyl sites for hydroxylation is 1. The molecule has 3 N–H and O–H groups in total. The van der Waals surface area contributed by atoms with Gasteiger partial charge in [-0.25, -0.2) is 4.98 Å². The molecule has 1 aromatic heterocycles. The summed E-state index contributed by atoms with van der Waals surface area (Å²) in [5.74, 6) is 1.08. The second-order valence-electron chi connectivity index (χ2n) is 6.20. The smallest absolute Gasteiger partial charge is 0.223 e. The van der Waals surface area contributed by atoms with Gasteiger partial charge in [0, 0.05) is 18.5 Å². The molecule has 1 heterocycles. The van der Waals surface area contributed by atoms with E-state index in [4.69, 9.17) is 10.7 Å². The highest BCUT2D eigenvalue weighted by Gasteiger charge is 2.29. The van der Waals surface area contributed by atoms with Crippen molar-refractivity contribution in [3.8, 4) is 0 Å². The number of nitrogens with one attached hydrogen (secondary N) is 1. The summed E-state index contributed by atoms with van der Waals surface area (Å²) < 4.78 is 2.17. The van der Waals surface area contributed by atoms with Crippen LogP contribution in [0.25, 0.3) is 11.0 Å². The minimum atomic E-state index is -0.100. The van der Waals surface area contributed by atoms with Crippen LogP contribution in [-0.2, 0) is 11.3 Å². The summed E-state index contributed by atoms with van der Waals surface area (Å²) in [5, 5.41) is 3.12. The molecule has 1 saturated carbocycles. The van der Waals surface area contributed by atoms with E-state index >= 15 is 0 Å². The minimum absolute atomic E-state index is 0.0527. The lowest BCUT2D eigenvalue weighted by Gasteiger charge is -2.18. The number of hydrogen-bond donors (Lipinski definition) is 2. The highest BCUT2D eigenvalue weighted by molar-refractivity contribution is 5.80. The van der Waals surface area contributed by atoms with E-state index < -0.39 is 0 Å². The summed E-state index contributed by atoms with van der Waals surface area (Å²) in [4.78, 5) is 17.1. The number of amides is 1. The standard InChI is InChI=1S/C17H24N4O/c1-3-21-15-7-5-4-6-14(15)20-16(21)11(2)19-17(22)12-8-9-13(18)10-12/h4-7,11-13H,3,8-10,18H2,1-2H3,(H,19,22). The highest BCUT2D eigenvalue weighted by atomic mass is 16.2. The number of imidazole rings is 1. The van der Waals surface area contributed by atoms with Crippen molar-refractivity contribution in [2.45, 2.75) is 51.7 Å². The van der Waals surface area contributed by atoms with Gasteiger partial charge in [-0.15, -0.1) is 0 Å². The zero-order valence-corrected chi connectivity index (χ0v) is 13.2. The summed E-state index contributed by atoms with van der Waals surface area (Å²) in [6.45, 7) is 4.94. The van der Waals surface area contributed by atoms with Crippen LogP contribution in [0.4, 0.5) is 0 Å². The molecule has 0 bridgehead atoms. The van der Waals surface area contributed by atoms with Gasteiger partial charge in [0.25, 0.3) is 0 Å². The highest BCUT2D eigenvalue weighted by Crippen LogP contribution is 2.26. The number of rotatable bonds is 4. The Morgan fingerprint density at radius 2 is 2.23 bits per heavy atom. The van der Waals surface area contributed by atoms with Gasteiger partial charge in [-0.3, -0.25) is 4.79 Å². The zero-order valence-electron chi connectivity index (χ0n) is 13.2. The number of para-hydroxylation sites is 2. The predicted octanol–water partition coefficient (Wildman–Crippen LogP) is 2.36. The van der Waals surface area contributed by atoms with Gasteiger partial charge in [-0.1, -0.05) is 12.1 Å². The monoisotopic (exact) mass is 300 g/mol. The first-order valence-electron chi connectivity index (χ1n) is 8.11. The van der Waals surface area contributed by atoms with Crippen molar-refractivity contribution < 1.29 is 4.79 Å². The summed E-state index contributed by atoms with van der Waals surface area (Å²) in [6.07, 6.45) is 2.63. The minimum Gasteiger partial charge on any atom is -0.346 e. The molecular weight excluding hydrogens is 276 g/mol. The molecule has 1 amide bonds. The number of hydrogen-bond acceptors (Lipinski definition) is 3. The van der Waals surface area contributed by atoms with Gasteiger partial charge in [-0.05, 0) is 45.2 Å². The number of aromatic nitrogens is 2. The van der Waals surface area contributed by atoms with Gasteiger partial charge >= 0.3 is 0 Å². The average Bonchev–Trinajstić information content (AvgIpc) is 3.10. The van der Waals surface area contributed by atoms with Gasteiger partial charge in [0.05, 0.1) is 17.1 Å². The van der Waals surface area contributed by atoms with Gasteiger partial charge in [0.2, 0.25) is 5.91 Å². The molecule has 118 valence electrons. The zero-order chi connectivity index (χ0) is 15.7. The van der Waals surface area contributed by atoms with E-state index in [2.05, 4.69) is 22.9 Å². The second-order valence-corrected chi connectivity index (χ2v) is 6.20. The van der Waals surface area contributed by atoms with Crippen LogP contribution in [0.15, 0.2) is 24.3 Å². The van der Waals surface area contributed by atoms with Crippen molar-refractivity contribution in [3.63, 3.8) is 0 Å². The maximum absolute atomic E-state index is 12.4. The molecule has 0 radical (unpaired) electrons. The molecule has 5 heteroatoms. The summed E-state index contributed by atoms with van der Waals surface area (Å²) in [5.41, 5.74) is 8.00. The van der Waals surface area contributed by atoms with Crippen molar-refractivity contribution in [3.05, 3.63) is 30.1 Å². The van der Waals surface area contributed by atoms with Gasteiger partial charge in [-0.2, -0.15) is 0 Å². The normalized spacial score (nSPS) is 22.9. The van der Waals surface area contributed by atoms with E-state index in [0.717, 1.165) is 42.7 Å². The average molecular weight is 300 g/mol. The van der Waals surface area contributed by atoms with Crippen LogP contribution in [0, 0.1) is 5.92 Å². The topological polar surface area (TPSA) is 72.9 Å². The quantitative estimate of drug-likeness (QED) is 0.910. The first-order chi connectivity index (χ1) is 10.6. The number of carbonyl (C=O) groups is 1. The van der Waals surface area contributed by atoms with Crippen molar-refractivity contribution >= 4 is 16.9 Å². The Balaban J connectivity index is 1.80. The van der Waals surface area contributed by atoms with Crippen LogP contribution < -0.4 is 11.1 Å². The van der Waals surface area contributed by atoms with Crippen molar-refractivity contribution in [2.24, 2.45) is 11.7 Å². The van der Waals surface area contributed by atoms with Gasteiger partial charge in [0.15, 0.2) is 0 Å². The third-order valence-corrected chi connectivity index (χ3v) is 4.59. The van der Waals surface area contributed by atoms with E-state index in [9.17, 15) is 4.79 Å². The Bertz CT molecular complexity index is 678. The number of fused-ring (bicyclic) bond motifs is 1. The molecule has 0 spiro atoms. The maximum atomic E-state index is 12.4. The predicted molar refractivity (Wildman–Crippen MR) is 87.3 cm³/mol. The number of carbonyl (C=O) groups excluding carboxylic acids is 1. The molecule has 3 rings (SSSR count).